The number of carbonyl (C=O) groups is 1. The van der Waals surface area contributed by atoms with Crippen LogP contribution in [-0.4, -0.2) is 23.9 Å². The molecule has 0 aromatic heterocycles. The largest absolute Gasteiger partial charge is 0.283 e. The van der Waals surface area contributed by atoms with Crippen LogP contribution in [-0.2, 0) is 14.6 Å². The molecule has 0 saturated heterocycles. The second-order valence-corrected chi connectivity index (χ2v) is 8.95. The molecule has 0 atom stereocenters. The molecule has 0 aliphatic carbocycles. The lowest BCUT2D eigenvalue weighted by atomic mass is 10.2. The molecule has 0 unspecified atom stereocenters. The van der Waals surface area contributed by atoms with Crippen molar-refractivity contribution in [2.75, 3.05) is 10.7 Å². The van der Waals surface area contributed by atoms with E-state index in [-0.39, 0.29) is 12.2 Å². The van der Waals surface area contributed by atoms with Gasteiger partial charge in [0, 0.05) is 17.8 Å². The average Bonchev–Trinajstić information content (AvgIpc) is 2.71. The van der Waals surface area contributed by atoms with Gasteiger partial charge >= 0.3 is 0 Å². The van der Waals surface area contributed by atoms with Crippen LogP contribution < -0.4 is 4.90 Å². The minimum Gasteiger partial charge on any atom is -0.280 e. The minimum absolute atomic E-state index is 0.0577. The van der Waals surface area contributed by atoms with Crippen molar-refractivity contribution in [3.8, 4) is 0 Å². The summed E-state index contributed by atoms with van der Waals surface area (Å²) in [5, 5.41) is 1.06. The molecule has 2 rings (SSSR count). The number of amides is 1. The van der Waals surface area contributed by atoms with Gasteiger partial charge in [-0.1, -0.05) is 52.5 Å². The Morgan fingerprint density at radius 3 is 2.19 bits per heavy atom. The SMILES string of the molecule is Cc1ccc(N(C(=O)C(Cl)(Cl)Cl)C2=CS(=O)(=O)CC2)cc1. The van der Waals surface area contributed by atoms with Gasteiger partial charge < -0.3 is 0 Å². The Labute approximate surface area is 138 Å². The lowest BCUT2D eigenvalue weighted by Gasteiger charge is -2.26. The smallest absolute Gasteiger partial charge is 0.280 e. The zero-order chi connectivity index (χ0) is 15.8. The Morgan fingerprint density at radius 2 is 1.76 bits per heavy atom. The Balaban J connectivity index is 2.50. The molecule has 8 heteroatoms. The second-order valence-electron chi connectivity index (χ2n) is 4.70. The van der Waals surface area contributed by atoms with Crippen molar-refractivity contribution in [3.05, 3.63) is 40.9 Å². The van der Waals surface area contributed by atoms with Gasteiger partial charge in [-0.25, -0.2) is 8.42 Å². The number of rotatable bonds is 2. The first-order valence-corrected chi connectivity index (χ1v) is 8.86. The Morgan fingerprint density at radius 1 is 1.19 bits per heavy atom. The molecule has 1 aromatic rings. The molecule has 21 heavy (non-hydrogen) atoms. The zero-order valence-corrected chi connectivity index (χ0v) is 14.1. The highest BCUT2D eigenvalue weighted by Gasteiger charge is 2.39. The third-order valence-corrected chi connectivity index (χ3v) is 4.87. The van der Waals surface area contributed by atoms with E-state index >= 15 is 0 Å². The second kappa shape index (κ2) is 5.80. The van der Waals surface area contributed by atoms with Gasteiger partial charge in [0.25, 0.3) is 9.70 Å². The van der Waals surface area contributed by atoms with Crippen molar-refractivity contribution < 1.29 is 13.2 Å². The van der Waals surface area contributed by atoms with Gasteiger partial charge in [-0.3, -0.25) is 9.69 Å². The van der Waals surface area contributed by atoms with Gasteiger partial charge in [0.2, 0.25) is 0 Å². The van der Waals surface area contributed by atoms with E-state index in [2.05, 4.69) is 0 Å². The standard InChI is InChI=1S/C13H12Cl3NO3S/c1-9-2-4-10(5-3-9)17(12(18)13(14,15)16)11-6-7-21(19,20)8-11/h2-5,8H,6-7H2,1H3. The Hall–Kier alpha value is -0.750. The topological polar surface area (TPSA) is 54.5 Å². The molecular weight excluding hydrogens is 357 g/mol. The fourth-order valence-corrected chi connectivity index (χ4v) is 3.47. The lowest BCUT2D eigenvalue weighted by molar-refractivity contribution is -0.117. The van der Waals surface area contributed by atoms with Gasteiger partial charge in [0.1, 0.15) is 0 Å². The number of sulfone groups is 1. The molecule has 1 aliphatic heterocycles. The molecule has 0 fully saturated rings. The zero-order valence-electron chi connectivity index (χ0n) is 11.0. The van der Waals surface area contributed by atoms with Gasteiger partial charge in [-0.2, -0.15) is 0 Å². The fourth-order valence-electron chi connectivity index (χ4n) is 1.97. The van der Waals surface area contributed by atoms with E-state index in [1.165, 1.54) is 0 Å². The van der Waals surface area contributed by atoms with Crippen LogP contribution in [0.2, 0.25) is 0 Å². The van der Waals surface area contributed by atoms with Crippen molar-refractivity contribution in [1.82, 2.24) is 0 Å². The van der Waals surface area contributed by atoms with E-state index in [0.29, 0.717) is 11.4 Å². The number of alkyl halides is 3. The molecule has 1 aromatic carbocycles. The summed E-state index contributed by atoms with van der Waals surface area (Å²) in [6, 6.07) is 6.93. The van der Waals surface area contributed by atoms with E-state index in [1.807, 2.05) is 6.92 Å². The van der Waals surface area contributed by atoms with Crippen LogP contribution in [0.4, 0.5) is 5.69 Å². The monoisotopic (exact) mass is 367 g/mol. The quantitative estimate of drug-likeness (QED) is 0.752. The molecule has 114 valence electrons. The third-order valence-electron chi connectivity index (χ3n) is 2.98. The number of anilines is 1. The molecule has 4 nitrogen and oxygen atoms in total. The Kier molecular flexibility index (Phi) is 4.59. The predicted molar refractivity (Wildman–Crippen MR) is 85.4 cm³/mol. The number of nitrogens with zero attached hydrogens (tertiary/aromatic N) is 1. The van der Waals surface area contributed by atoms with Gasteiger partial charge in [0.05, 0.1) is 11.2 Å². The highest BCUT2D eigenvalue weighted by Crippen LogP contribution is 2.35. The number of carbonyl (C=O) groups excluding carboxylic acids is 1. The number of aryl methyl sites for hydroxylation is 1. The number of benzene rings is 1. The molecular formula is C13H12Cl3NO3S. The summed E-state index contributed by atoms with van der Waals surface area (Å²) in [5.41, 5.74) is 1.75. The van der Waals surface area contributed by atoms with Crippen molar-refractivity contribution >= 4 is 56.2 Å². The molecule has 0 spiro atoms. The molecule has 0 N–H and O–H groups in total. The first-order chi connectivity index (χ1) is 9.60. The number of hydrogen-bond acceptors (Lipinski definition) is 3. The first kappa shape index (κ1) is 16.6. The maximum atomic E-state index is 12.3. The van der Waals surface area contributed by atoms with Crippen LogP contribution in [0, 0.1) is 6.92 Å². The van der Waals surface area contributed by atoms with Crippen LogP contribution in [0.5, 0.6) is 0 Å². The van der Waals surface area contributed by atoms with E-state index < -0.39 is 19.5 Å². The highest BCUT2D eigenvalue weighted by molar-refractivity contribution is 7.94. The summed E-state index contributed by atoms with van der Waals surface area (Å²) >= 11 is 17.0. The normalized spacial score (nSPS) is 17.4. The highest BCUT2D eigenvalue weighted by atomic mass is 35.6. The van der Waals surface area contributed by atoms with Crippen LogP contribution in [0.25, 0.3) is 0 Å². The van der Waals surface area contributed by atoms with Crippen molar-refractivity contribution in [3.63, 3.8) is 0 Å². The maximum absolute atomic E-state index is 12.3. The van der Waals surface area contributed by atoms with E-state index in [1.54, 1.807) is 24.3 Å². The first-order valence-electron chi connectivity index (χ1n) is 6.01. The van der Waals surface area contributed by atoms with Gasteiger partial charge in [-0.15, -0.1) is 0 Å². The minimum atomic E-state index is -3.32. The number of hydrogen-bond donors (Lipinski definition) is 0. The summed E-state index contributed by atoms with van der Waals surface area (Å²) in [7, 11) is -3.32. The lowest BCUT2D eigenvalue weighted by Crippen LogP contribution is -2.38. The Bertz CT molecular complexity index is 690. The van der Waals surface area contributed by atoms with E-state index in [9.17, 15) is 13.2 Å². The average molecular weight is 369 g/mol. The summed E-state index contributed by atoms with van der Waals surface area (Å²) in [4.78, 5) is 13.5. The van der Waals surface area contributed by atoms with Gasteiger partial charge in [0.15, 0.2) is 9.84 Å². The fraction of sp³-hybridized carbons (Fsp3) is 0.308. The molecule has 0 bridgehead atoms. The van der Waals surface area contributed by atoms with Crippen LogP contribution in [0.3, 0.4) is 0 Å². The van der Waals surface area contributed by atoms with E-state index in [4.69, 9.17) is 34.8 Å². The van der Waals surface area contributed by atoms with Crippen molar-refractivity contribution in [2.45, 2.75) is 17.1 Å². The summed E-state index contributed by atoms with van der Waals surface area (Å²) in [6.45, 7) is 1.89. The van der Waals surface area contributed by atoms with E-state index in [0.717, 1.165) is 15.9 Å². The summed E-state index contributed by atoms with van der Waals surface area (Å²) in [5.74, 6) is -0.864. The molecule has 0 radical (unpaired) electrons. The third kappa shape index (κ3) is 3.92. The maximum Gasteiger partial charge on any atom is 0.283 e. The van der Waals surface area contributed by atoms with Crippen LogP contribution in [0.1, 0.15) is 12.0 Å². The summed E-state index contributed by atoms with van der Waals surface area (Å²) < 4.78 is 21.0. The van der Waals surface area contributed by atoms with Crippen LogP contribution >= 0.6 is 34.8 Å². The van der Waals surface area contributed by atoms with Crippen LogP contribution in [0.15, 0.2) is 35.4 Å². The van der Waals surface area contributed by atoms with Gasteiger partial charge in [-0.05, 0) is 19.1 Å². The van der Waals surface area contributed by atoms with Crippen molar-refractivity contribution in [2.24, 2.45) is 0 Å². The molecule has 1 heterocycles. The molecule has 0 saturated carbocycles. The molecule has 1 aliphatic rings. The molecule has 1 amide bonds. The van der Waals surface area contributed by atoms with Crippen molar-refractivity contribution in [1.29, 1.82) is 0 Å². The summed E-state index contributed by atoms with van der Waals surface area (Å²) in [6.07, 6.45) is 0.197. The predicted octanol–water partition coefficient (Wildman–Crippen LogP) is 3.36. The number of allylic oxidation sites excluding steroid dienone is 1. The number of halogens is 3.